The smallest absolute Gasteiger partial charge is 0.307 e. The molecular formula is C77H111N7O17S. The van der Waals surface area contributed by atoms with Crippen LogP contribution in [0.3, 0.4) is 0 Å². The number of rotatable bonds is 18. The molecule has 0 saturated carbocycles. The van der Waals surface area contributed by atoms with E-state index < -0.39 is 31.9 Å². The number of Topliss-reactive ketones (excluding diaryl/α,β-unsaturated/α-hetero) is 2. The second-order valence-corrected chi connectivity index (χ2v) is 20.2. The summed E-state index contributed by atoms with van der Waals surface area (Å²) < 4.78 is 29.7. The maximum Gasteiger partial charge on any atom is 0.307 e. The number of carboxylic acid groups (broad SMARTS) is 2. The van der Waals surface area contributed by atoms with Gasteiger partial charge in [-0.05, 0) is 102 Å². The highest BCUT2D eigenvalue weighted by Crippen LogP contribution is 2.17. The van der Waals surface area contributed by atoms with Gasteiger partial charge in [0.1, 0.15) is 11.6 Å². The third kappa shape index (κ3) is 63.9. The fourth-order valence-electron chi connectivity index (χ4n) is 7.03. The van der Waals surface area contributed by atoms with E-state index in [2.05, 4.69) is 20.8 Å². The van der Waals surface area contributed by atoms with Gasteiger partial charge < -0.3 is 41.8 Å². The summed E-state index contributed by atoms with van der Waals surface area (Å²) in [5, 5.41) is 54.1. The van der Waals surface area contributed by atoms with Gasteiger partial charge in [-0.25, -0.2) is 6.57 Å². The minimum Gasteiger partial charge on any atom is -0.481 e. The number of anilines is 4. The number of nitrogens with one attached hydrogen (secondary N) is 3. The van der Waals surface area contributed by atoms with Gasteiger partial charge in [-0.3, -0.25) is 58.3 Å². The summed E-state index contributed by atoms with van der Waals surface area (Å²) in [4.78, 5) is 96.9. The zero-order chi connectivity index (χ0) is 80.2. The lowest BCUT2D eigenvalue weighted by atomic mass is 10.1. The van der Waals surface area contributed by atoms with Crippen LogP contribution in [0.4, 0.5) is 34.1 Å². The fourth-order valence-corrected chi connectivity index (χ4v) is 7.52. The van der Waals surface area contributed by atoms with Crippen LogP contribution < -0.4 is 21.7 Å². The van der Waals surface area contributed by atoms with E-state index >= 15 is 0 Å². The Balaban J connectivity index is -0.000000201. The zero-order valence-corrected chi connectivity index (χ0v) is 63.6. The summed E-state index contributed by atoms with van der Waals surface area (Å²) in [5.41, 5.74) is 13.6. The Kier molecular flexibility index (Phi) is 70.5. The molecule has 9 N–H and O–H groups in total. The Morgan fingerprint density at radius 1 is 0.431 bits per heavy atom. The van der Waals surface area contributed by atoms with Gasteiger partial charge in [-0.1, -0.05) is 200 Å². The van der Waals surface area contributed by atoms with Gasteiger partial charge in [0, 0.05) is 86.2 Å². The summed E-state index contributed by atoms with van der Waals surface area (Å²) in [6.45, 7) is 42.4. The predicted molar refractivity (Wildman–Crippen MR) is 413 cm³/mol. The van der Waals surface area contributed by atoms with Crippen LogP contribution in [0.2, 0.25) is 0 Å². The number of hydrogen-bond acceptors (Lipinski definition) is 15. The van der Waals surface area contributed by atoms with E-state index in [4.69, 9.17) is 32.2 Å². The molecule has 0 radical (unpaired) electrons. The van der Waals surface area contributed by atoms with Crippen LogP contribution in [0.5, 0.6) is 0 Å². The number of carbonyl (C=O) groups is 7. The average Bonchev–Trinajstić information content (AvgIpc) is 0.916. The minimum atomic E-state index is -3.95. The molecule has 7 rings (SSSR count). The molecule has 25 heteroatoms. The number of benzene rings is 7. The molecule has 24 nitrogen and oxygen atoms in total. The molecule has 562 valence electrons. The van der Waals surface area contributed by atoms with Crippen molar-refractivity contribution in [3.8, 4) is 0 Å². The van der Waals surface area contributed by atoms with Crippen LogP contribution in [0.25, 0.3) is 4.85 Å². The molecule has 0 unspecified atom stereocenters. The molecule has 3 amide bonds. The number of aliphatic hydroxyl groups excluding tert-OH is 1. The number of hydrogen-bond donors (Lipinski definition) is 8. The Morgan fingerprint density at radius 3 is 1.07 bits per heavy atom. The molecule has 0 fully saturated rings. The summed E-state index contributed by atoms with van der Waals surface area (Å²) in [6.07, 6.45) is 0.863. The molecule has 0 heterocycles. The number of nitro groups is 2. The van der Waals surface area contributed by atoms with Gasteiger partial charge in [0.25, 0.3) is 21.5 Å². The van der Waals surface area contributed by atoms with E-state index in [-0.39, 0.29) is 78.7 Å². The van der Waals surface area contributed by atoms with Crippen LogP contribution in [0.15, 0.2) is 176 Å². The molecular weight excluding hydrogens is 1330 g/mol. The standard InChI is InChI=1S/C10H10N2O.C10H13NO4S.C9H9NO3.C9H11NO2.C9H11NO.C8H7NO4.C8H8O2.7C2H6/c1-8(13)12-10-5-3-4-9(6-10)7-11-2;1-8(12)11-10-4-2-3-9(7-10)5-6-16(13,14)15;1-7(11)5-8-3-2-4-9(6-8)10(12)13;1-7(12)10-9-4-2-3-8(5-9)6-11;1-7(11)5-8-3-2-4-9(10)6-8;10-8(11)5-6-2-1-3-7(4-6)9(12)13;9-8(10)6-7-4-2-1-3-5-7;7*1-2/h3-6H,7H2,1H3,(H,12,13);2-4,7H,5-6H2,1H3,(H,11,12)(H,13,14,15);2-4,6H,5H2,1H3;2-5,11H,6H2,1H3,(H,10,12);2-4,6H,5,10H2,1H3;1-4H,5H2,(H,10,11);1-5H,6H2,(H,9,10);7*1-2H3. The van der Waals surface area contributed by atoms with E-state index in [9.17, 15) is 62.2 Å². The van der Waals surface area contributed by atoms with Crippen molar-refractivity contribution in [3.63, 3.8) is 0 Å². The molecule has 0 aromatic heterocycles. The number of non-ortho nitro benzene ring substituents is 2. The molecule has 7 aromatic carbocycles. The topological polar surface area (TPSA) is 387 Å². The highest BCUT2D eigenvalue weighted by molar-refractivity contribution is 7.85. The molecule has 0 saturated heterocycles. The number of amides is 3. The normalized spacial score (nSPS) is 8.78. The first kappa shape index (κ1) is 105. The van der Waals surface area contributed by atoms with Crippen LogP contribution in [0, 0.1) is 26.8 Å². The van der Waals surface area contributed by atoms with Crippen LogP contribution >= 0.6 is 0 Å². The lowest BCUT2D eigenvalue weighted by Gasteiger charge is -2.04. The molecule has 0 aliphatic carbocycles. The summed E-state index contributed by atoms with van der Waals surface area (Å²) >= 11 is 0. The highest BCUT2D eigenvalue weighted by Gasteiger charge is 2.10. The Bertz CT molecular complexity index is 3550. The van der Waals surface area contributed by atoms with Crippen LogP contribution in [0.1, 0.15) is 170 Å². The molecule has 0 spiro atoms. The zero-order valence-electron chi connectivity index (χ0n) is 62.8. The first-order chi connectivity index (χ1) is 48.5. The fraction of sp³-hybridized carbons (Fsp3) is 0.351. The number of nitrogens with two attached hydrogens (primary N) is 1. The second-order valence-electron chi connectivity index (χ2n) is 18.6. The maximum absolute atomic E-state index is 10.8. The predicted octanol–water partition coefficient (Wildman–Crippen LogP) is 17.1. The lowest BCUT2D eigenvalue weighted by Crippen LogP contribution is -2.08. The average molecular weight is 1440 g/mol. The minimum absolute atomic E-state index is 0.000461. The highest BCUT2D eigenvalue weighted by atomic mass is 32.2. The van der Waals surface area contributed by atoms with Crippen molar-refractivity contribution in [2.45, 2.75) is 177 Å². The second kappa shape index (κ2) is 68.7. The number of nitrogen functional groups attached to an aromatic ring is 1. The van der Waals surface area contributed by atoms with Gasteiger partial charge in [0.15, 0.2) is 0 Å². The molecule has 7 aromatic rings. The van der Waals surface area contributed by atoms with Gasteiger partial charge in [-0.2, -0.15) is 8.42 Å². The Labute approximate surface area is 605 Å². The number of nitrogens with zero attached hydrogens (tertiary/aromatic N) is 3. The van der Waals surface area contributed by atoms with E-state index in [1.807, 2.05) is 152 Å². The quantitative estimate of drug-likeness (QED) is 0.0130. The lowest BCUT2D eigenvalue weighted by molar-refractivity contribution is -0.385. The number of nitro benzene ring substituents is 2. The van der Waals surface area contributed by atoms with Crippen molar-refractivity contribution >= 4 is 85.5 Å². The van der Waals surface area contributed by atoms with E-state index in [1.165, 1.54) is 58.0 Å². The maximum atomic E-state index is 10.8. The Morgan fingerprint density at radius 2 is 0.735 bits per heavy atom. The molecule has 0 atom stereocenters. The largest absolute Gasteiger partial charge is 0.481 e. The number of aryl methyl sites for hydroxylation is 1. The number of aliphatic carboxylic acids is 2. The molecule has 102 heavy (non-hydrogen) atoms. The number of ketones is 2. The molecule has 0 bridgehead atoms. The summed E-state index contributed by atoms with van der Waals surface area (Å²) in [6, 6.07) is 49.4. The SMILES string of the molecule is CC.CC.CC.CC.CC.CC.CC.CC(=O)Cc1cccc(N)c1.CC(=O)Cc1cccc([N+](=O)[O-])c1.CC(=O)Nc1cccc(CCS(=O)(=O)O)c1.CC(=O)Nc1cccc(CO)c1.O=C(O)Cc1cccc([N+](=O)[O-])c1.O=C(O)Cc1ccccc1.[C-]#[N+]Cc1cccc(NC(C)=O)c1. The van der Waals surface area contributed by atoms with Crippen LogP contribution in [-0.4, -0.2) is 85.1 Å². The van der Waals surface area contributed by atoms with Gasteiger partial charge in [-0.15, -0.1) is 0 Å². The van der Waals surface area contributed by atoms with Crippen molar-refractivity contribution in [3.05, 3.63) is 247 Å². The summed E-state index contributed by atoms with van der Waals surface area (Å²) in [7, 11) is -3.95. The van der Waals surface area contributed by atoms with E-state index in [0.717, 1.165) is 33.5 Å². The third-order valence-corrected chi connectivity index (χ3v) is 11.2. The Hall–Kier alpha value is -10.8. The molecule has 0 aliphatic heterocycles. The van der Waals surface area contributed by atoms with Crippen LogP contribution in [-0.2, 0) is 88.9 Å². The van der Waals surface area contributed by atoms with Crippen molar-refractivity contribution in [1.82, 2.24) is 0 Å². The van der Waals surface area contributed by atoms with Crippen molar-refractivity contribution in [1.29, 1.82) is 0 Å². The number of carboxylic acids is 2. The van der Waals surface area contributed by atoms with Crippen molar-refractivity contribution in [2.75, 3.05) is 27.4 Å². The van der Waals surface area contributed by atoms with Crippen molar-refractivity contribution < 1.29 is 71.7 Å². The summed E-state index contributed by atoms with van der Waals surface area (Å²) in [5.74, 6) is -2.34. The number of carbonyl (C=O) groups excluding carboxylic acids is 5. The van der Waals surface area contributed by atoms with Crippen molar-refractivity contribution in [2.24, 2.45) is 0 Å². The third-order valence-electron chi connectivity index (χ3n) is 10.5. The van der Waals surface area contributed by atoms with Gasteiger partial charge >= 0.3 is 11.9 Å². The van der Waals surface area contributed by atoms with E-state index in [0.29, 0.717) is 41.2 Å². The number of aliphatic hydroxyl groups is 1. The first-order valence-corrected chi connectivity index (χ1v) is 34.8. The van der Waals surface area contributed by atoms with Gasteiger partial charge in [0.05, 0.1) is 35.0 Å². The molecule has 0 aliphatic rings. The monoisotopic (exact) mass is 1440 g/mol. The van der Waals surface area contributed by atoms with E-state index in [1.54, 1.807) is 97.9 Å². The first-order valence-electron chi connectivity index (χ1n) is 33.2. The van der Waals surface area contributed by atoms with Gasteiger partial charge in [0.2, 0.25) is 24.3 Å².